The van der Waals surface area contributed by atoms with E-state index in [2.05, 4.69) is 0 Å². The van der Waals surface area contributed by atoms with E-state index in [0.717, 1.165) is 24.1 Å². The molecule has 27 heavy (non-hydrogen) atoms. The lowest BCUT2D eigenvalue weighted by Gasteiger charge is -2.37. The number of anilines is 1. The van der Waals surface area contributed by atoms with Crippen molar-refractivity contribution in [2.45, 2.75) is 32.2 Å². The van der Waals surface area contributed by atoms with Crippen LogP contribution in [-0.2, 0) is 14.4 Å². The van der Waals surface area contributed by atoms with Gasteiger partial charge in [-0.3, -0.25) is 19.3 Å². The van der Waals surface area contributed by atoms with Gasteiger partial charge in [0, 0.05) is 37.8 Å². The van der Waals surface area contributed by atoms with Crippen LogP contribution in [0.15, 0.2) is 24.3 Å². The highest BCUT2D eigenvalue weighted by atomic mass is 16.4. The van der Waals surface area contributed by atoms with Gasteiger partial charge in [0.1, 0.15) is 0 Å². The molecule has 1 N–H and O–H groups in total. The fourth-order valence-electron chi connectivity index (χ4n) is 3.97. The van der Waals surface area contributed by atoms with Gasteiger partial charge < -0.3 is 14.9 Å². The number of likely N-dealkylation sites (tertiary alicyclic amines) is 1. The molecule has 0 aliphatic carbocycles. The van der Waals surface area contributed by atoms with Crippen molar-refractivity contribution < 1.29 is 19.5 Å². The molecule has 0 bridgehead atoms. The summed E-state index contributed by atoms with van der Waals surface area (Å²) in [4.78, 5) is 41.5. The minimum Gasteiger partial charge on any atom is -0.480 e. The molecule has 2 aliphatic heterocycles. The third-order valence-corrected chi connectivity index (χ3v) is 5.60. The standard InChI is InChI=1S/C20H27N3O4/c1-14-3-5-17(6-4-14)23-12-15(11-18(23)24)20(27)22-9-7-16(8-10-22)21(2)13-19(25)26/h3-6,15-16H,7-13H2,1-2H3,(H,25,26). The molecule has 2 fully saturated rings. The van der Waals surface area contributed by atoms with Crippen molar-refractivity contribution in [2.24, 2.45) is 5.92 Å². The Kier molecular flexibility index (Phi) is 5.79. The lowest BCUT2D eigenvalue weighted by Crippen LogP contribution is -2.48. The number of carboxylic acids is 1. The molecule has 3 rings (SSSR count). The van der Waals surface area contributed by atoms with E-state index in [-0.39, 0.29) is 36.7 Å². The van der Waals surface area contributed by atoms with E-state index in [4.69, 9.17) is 5.11 Å². The molecule has 0 saturated carbocycles. The molecule has 1 atom stereocenters. The monoisotopic (exact) mass is 373 g/mol. The first kappa shape index (κ1) is 19.4. The minimum absolute atomic E-state index is 0.00622. The summed E-state index contributed by atoms with van der Waals surface area (Å²) in [5.41, 5.74) is 1.98. The van der Waals surface area contributed by atoms with Crippen LogP contribution < -0.4 is 4.90 Å². The molecule has 2 aliphatic rings. The summed E-state index contributed by atoms with van der Waals surface area (Å²) in [6.45, 7) is 3.67. The Morgan fingerprint density at radius 1 is 1.19 bits per heavy atom. The molecule has 0 spiro atoms. The van der Waals surface area contributed by atoms with Crippen LogP contribution in [0.3, 0.4) is 0 Å². The van der Waals surface area contributed by atoms with Gasteiger partial charge in [0.15, 0.2) is 0 Å². The first-order valence-electron chi connectivity index (χ1n) is 9.43. The summed E-state index contributed by atoms with van der Waals surface area (Å²) < 4.78 is 0. The average Bonchev–Trinajstić information content (AvgIpc) is 3.03. The number of hydrogen-bond donors (Lipinski definition) is 1. The van der Waals surface area contributed by atoms with Crippen molar-refractivity contribution >= 4 is 23.5 Å². The SMILES string of the molecule is Cc1ccc(N2CC(C(=O)N3CCC(N(C)CC(=O)O)CC3)CC2=O)cc1. The smallest absolute Gasteiger partial charge is 0.317 e. The van der Waals surface area contributed by atoms with E-state index in [1.165, 1.54) is 0 Å². The molecule has 1 aromatic rings. The zero-order valence-electron chi connectivity index (χ0n) is 15.9. The summed E-state index contributed by atoms with van der Waals surface area (Å²) in [6.07, 6.45) is 1.78. The maximum Gasteiger partial charge on any atom is 0.317 e. The minimum atomic E-state index is -0.836. The van der Waals surface area contributed by atoms with Crippen LogP contribution in [0.25, 0.3) is 0 Å². The van der Waals surface area contributed by atoms with Gasteiger partial charge in [0.2, 0.25) is 11.8 Å². The first-order chi connectivity index (χ1) is 12.8. The first-order valence-corrected chi connectivity index (χ1v) is 9.43. The van der Waals surface area contributed by atoms with Gasteiger partial charge in [-0.15, -0.1) is 0 Å². The van der Waals surface area contributed by atoms with Gasteiger partial charge in [0.25, 0.3) is 0 Å². The second-order valence-electron chi connectivity index (χ2n) is 7.61. The van der Waals surface area contributed by atoms with E-state index in [1.807, 2.05) is 48.0 Å². The predicted octanol–water partition coefficient (Wildman–Crippen LogP) is 1.36. The molecule has 0 radical (unpaired) electrons. The summed E-state index contributed by atoms with van der Waals surface area (Å²) in [5.74, 6) is -1.10. The summed E-state index contributed by atoms with van der Waals surface area (Å²) in [7, 11) is 1.81. The highest BCUT2D eigenvalue weighted by molar-refractivity contribution is 6.00. The largest absolute Gasteiger partial charge is 0.480 e. The van der Waals surface area contributed by atoms with Crippen LogP contribution in [0.5, 0.6) is 0 Å². The van der Waals surface area contributed by atoms with Gasteiger partial charge >= 0.3 is 5.97 Å². The lowest BCUT2D eigenvalue weighted by atomic mass is 10.0. The third-order valence-electron chi connectivity index (χ3n) is 5.60. The second-order valence-corrected chi connectivity index (χ2v) is 7.61. The Hall–Kier alpha value is -2.41. The Morgan fingerprint density at radius 3 is 2.41 bits per heavy atom. The highest BCUT2D eigenvalue weighted by Crippen LogP contribution is 2.27. The van der Waals surface area contributed by atoms with E-state index in [0.29, 0.717) is 19.6 Å². The number of aryl methyl sites for hydroxylation is 1. The van der Waals surface area contributed by atoms with Crippen LogP contribution in [0, 0.1) is 12.8 Å². The number of aliphatic carboxylic acids is 1. The fraction of sp³-hybridized carbons (Fsp3) is 0.550. The van der Waals surface area contributed by atoms with Gasteiger partial charge in [-0.25, -0.2) is 0 Å². The molecular formula is C20H27N3O4. The Balaban J connectivity index is 1.55. The number of hydrogen-bond acceptors (Lipinski definition) is 4. The number of nitrogens with zero attached hydrogens (tertiary/aromatic N) is 3. The van der Waals surface area contributed by atoms with E-state index in [9.17, 15) is 14.4 Å². The van der Waals surface area contributed by atoms with Crippen LogP contribution in [0.4, 0.5) is 5.69 Å². The van der Waals surface area contributed by atoms with Crippen LogP contribution >= 0.6 is 0 Å². The fourth-order valence-corrected chi connectivity index (χ4v) is 3.97. The van der Waals surface area contributed by atoms with Gasteiger partial charge in [-0.2, -0.15) is 0 Å². The maximum absolute atomic E-state index is 12.9. The van der Waals surface area contributed by atoms with Crippen LogP contribution in [-0.4, -0.2) is 72.0 Å². The number of piperidine rings is 1. The maximum atomic E-state index is 12.9. The molecule has 7 heteroatoms. The number of rotatable bonds is 5. The number of benzene rings is 1. The van der Waals surface area contributed by atoms with Crippen molar-refractivity contribution in [1.82, 2.24) is 9.80 Å². The average molecular weight is 373 g/mol. The van der Waals surface area contributed by atoms with Crippen molar-refractivity contribution in [3.63, 3.8) is 0 Å². The summed E-state index contributed by atoms with van der Waals surface area (Å²) in [5, 5.41) is 8.91. The van der Waals surface area contributed by atoms with Crippen molar-refractivity contribution in [3.05, 3.63) is 29.8 Å². The van der Waals surface area contributed by atoms with Crippen LogP contribution in [0.2, 0.25) is 0 Å². The van der Waals surface area contributed by atoms with Crippen molar-refractivity contribution in [3.8, 4) is 0 Å². The normalized spacial score (nSPS) is 21.1. The van der Waals surface area contributed by atoms with Crippen molar-refractivity contribution in [1.29, 1.82) is 0 Å². The zero-order valence-corrected chi connectivity index (χ0v) is 15.9. The summed E-state index contributed by atoms with van der Waals surface area (Å²) in [6, 6.07) is 7.96. The molecule has 2 heterocycles. The zero-order chi connectivity index (χ0) is 19.6. The summed E-state index contributed by atoms with van der Waals surface area (Å²) >= 11 is 0. The number of amides is 2. The molecule has 2 amide bonds. The number of carbonyl (C=O) groups is 3. The molecule has 2 saturated heterocycles. The number of carboxylic acid groups (broad SMARTS) is 1. The lowest BCUT2D eigenvalue weighted by molar-refractivity contribution is -0.140. The molecule has 7 nitrogen and oxygen atoms in total. The Bertz CT molecular complexity index is 710. The van der Waals surface area contributed by atoms with Gasteiger partial charge in [-0.1, -0.05) is 17.7 Å². The molecule has 146 valence electrons. The molecular weight excluding hydrogens is 346 g/mol. The van der Waals surface area contributed by atoms with E-state index < -0.39 is 5.97 Å². The highest BCUT2D eigenvalue weighted by Gasteiger charge is 2.38. The second kappa shape index (κ2) is 8.08. The quantitative estimate of drug-likeness (QED) is 0.843. The molecule has 0 aromatic heterocycles. The number of carbonyl (C=O) groups excluding carboxylic acids is 2. The van der Waals surface area contributed by atoms with Gasteiger partial charge in [0.05, 0.1) is 12.5 Å². The Morgan fingerprint density at radius 2 is 1.81 bits per heavy atom. The molecule has 1 aromatic carbocycles. The topological polar surface area (TPSA) is 81.2 Å². The predicted molar refractivity (Wildman–Crippen MR) is 102 cm³/mol. The van der Waals surface area contributed by atoms with Crippen molar-refractivity contribution in [2.75, 3.05) is 38.1 Å². The van der Waals surface area contributed by atoms with Gasteiger partial charge in [-0.05, 0) is 38.9 Å². The molecule has 1 unspecified atom stereocenters. The third kappa shape index (κ3) is 4.47. The van der Waals surface area contributed by atoms with E-state index >= 15 is 0 Å². The van der Waals surface area contributed by atoms with E-state index in [1.54, 1.807) is 4.90 Å². The van der Waals surface area contributed by atoms with Crippen LogP contribution in [0.1, 0.15) is 24.8 Å². The Labute approximate surface area is 159 Å². The number of likely N-dealkylation sites (N-methyl/N-ethyl adjacent to an activating group) is 1.